The molecule has 0 aliphatic heterocycles. The van der Waals surface area contributed by atoms with E-state index in [0.717, 1.165) is 25.0 Å². The van der Waals surface area contributed by atoms with Crippen LogP contribution < -0.4 is 0 Å². The van der Waals surface area contributed by atoms with E-state index in [0.29, 0.717) is 6.42 Å². The van der Waals surface area contributed by atoms with Gasteiger partial charge in [-0.25, -0.2) is 4.39 Å². The molecule has 1 heterocycles. The lowest BCUT2D eigenvalue weighted by molar-refractivity contribution is 0.182. The fourth-order valence-electron chi connectivity index (χ4n) is 2.18. The van der Waals surface area contributed by atoms with Crippen LogP contribution in [-0.2, 0) is 6.42 Å². The van der Waals surface area contributed by atoms with Gasteiger partial charge in [0.05, 0.1) is 6.10 Å². The Labute approximate surface area is 128 Å². The Bertz CT molecular complexity index is 753. The van der Waals surface area contributed by atoms with Crippen LogP contribution in [-0.4, -0.2) is 5.11 Å². The van der Waals surface area contributed by atoms with Crippen molar-refractivity contribution in [1.29, 1.82) is 0 Å². The van der Waals surface area contributed by atoms with E-state index in [2.05, 4.69) is 15.9 Å². The number of benzene rings is 2. The van der Waals surface area contributed by atoms with E-state index in [9.17, 15) is 9.50 Å². The van der Waals surface area contributed by atoms with Crippen LogP contribution in [0.1, 0.15) is 16.5 Å². The Balaban J connectivity index is 1.86. The number of rotatable bonds is 3. The van der Waals surface area contributed by atoms with Gasteiger partial charge in [0.2, 0.25) is 0 Å². The van der Waals surface area contributed by atoms with Crippen LogP contribution in [0.5, 0.6) is 0 Å². The molecule has 0 radical (unpaired) electrons. The van der Waals surface area contributed by atoms with Crippen molar-refractivity contribution in [2.75, 3.05) is 0 Å². The van der Waals surface area contributed by atoms with E-state index < -0.39 is 6.10 Å². The van der Waals surface area contributed by atoms with Crippen molar-refractivity contribution in [2.24, 2.45) is 0 Å². The minimum Gasteiger partial charge on any atom is -0.387 e. The fourth-order valence-corrected chi connectivity index (χ4v) is 3.70. The zero-order chi connectivity index (χ0) is 14.1. The Morgan fingerprint density at radius 3 is 2.80 bits per heavy atom. The van der Waals surface area contributed by atoms with Gasteiger partial charge in [0.15, 0.2) is 0 Å². The van der Waals surface area contributed by atoms with E-state index in [1.165, 1.54) is 23.5 Å². The standard InChI is InChI=1S/C16H12BrFOS/c17-12-3-1-2-10(6-12)7-14(19)16-8-11-4-5-13(18)9-15(11)20-16/h1-6,8-9,14,19H,7H2. The third-order valence-electron chi connectivity index (χ3n) is 3.15. The van der Waals surface area contributed by atoms with Gasteiger partial charge in [-0.2, -0.15) is 0 Å². The molecule has 0 amide bonds. The number of aliphatic hydroxyl groups is 1. The highest BCUT2D eigenvalue weighted by Crippen LogP contribution is 2.32. The van der Waals surface area contributed by atoms with E-state index in [-0.39, 0.29) is 5.82 Å². The molecule has 2 aromatic carbocycles. The third kappa shape index (κ3) is 2.92. The van der Waals surface area contributed by atoms with Gasteiger partial charge in [-0.15, -0.1) is 11.3 Å². The summed E-state index contributed by atoms with van der Waals surface area (Å²) < 4.78 is 15.0. The molecule has 3 aromatic rings. The summed E-state index contributed by atoms with van der Waals surface area (Å²) in [4.78, 5) is 0.866. The summed E-state index contributed by atoms with van der Waals surface area (Å²) >= 11 is 4.86. The highest BCUT2D eigenvalue weighted by Gasteiger charge is 2.13. The highest BCUT2D eigenvalue weighted by molar-refractivity contribution is 9.10. The number of hydrogen-bond acceptors (Lipinski definition) is 2. The lowest BCUT2D eigenvalue weighted by Crippen LogP contribution is -1.99. The largest absolute Gasteiger partial charge is 0.387 e. The molecule has 0 spiro atoms. The summed E-state index contributed by atoms with van der Waals surface area (Å²) in [7, 11) is 0. The maximum Gasteiger partial charge on any atom is 0.124 e. The average molecular weight is 351 g/mol. The van der Waals surface area contributed by atoms with Crippen molar-refractivity contribution in [1.82, 2.24) is 0 Å². The minimum absolute atomic E-state index is 0.243. The summed E-state index contributed by atoms with van der Waals surface area (Å²) in [6.07, 6.45) is -0.0147. The Morgan fingerprint density at radius 2 is 2.00 bits per heavy atom. The molecule has 1 unspecified atom stereocenters. The maximum absolute atomic E-state index is 13.2. The molecule has 0 bridgehead atoms. The third-order valence-corrected chi connectivity index (χ3v) is 4.84. The summed E-state index contributed by atoms with van der Waals surface area (Å²) in [5.41, 5.74) is 1.07. The number of aliphatic hydroxyl groups excluding tert-OH is 1. The topological polar surface area (TPSA) is 20.2 Å². The molecule has 1 aromatic heterocycles. The van der Waals surface area contributed by atoms with Gasteiger partial charge in [-0.3, -0.25) is 0 Å². The fraction of sp³-hybridized carbons (Fsp3) is 0.125. The second kappa shape index (κ2) is 5.64. The van der Waals surface area contributed by atoms with Gasteiger partial charge in [0.1, 0.15) is 5.82 Å². The quantitative estimate of drug-likeness (QED) is 0.698. The Hall–Kier alpha value is -1.23. The van der Waals surface area contributed by atoms with Crippen molar-refractivity contribution in [2.45, 2.75) is 12.5 Å². The van der Waals surface area contributed by atoms with Crippen LogP contribution in [0, 0.1) is 5.82 Å². The zero-order valence-corrected chi connectivity index (χ0v) is 12.9. The van der Waals surface area contributed by atoms with Crippen molar-refractivity contribution in [3.63, 3.8) is 0 Å². The van der Waals surface area contributed by atoms with Gasteiger partial charge >= 0.3 is 0 Å². The van der Waals surface area contributed by atoms with E-state index >= 15 is 0 Å². The second-order valence-electron chi connectivity index (χ2n) is 4.68. The predicted octanol–water partition coefficient (Wildman–Crippen LogP) is 5.08. The van der Waals surface area contributed by atoms with Gasteiger partial charge in [-0.1, -0.05) is 34.1 Å². The van der Waals surface area contributed by atoms with Gasteiger partial charge in [-0.05, 0) is 41.3 Å². The lowest BCUT2D eigenvalue weighted by atomic mass is 10.1. The molecule has 1 atom stereocenters. The van der Waals surface area contributed by atoms with Crippen LogP contribution in [0.15, 0.2) is 53.0 Å². The lowest BCUT2D eigenvalue weighted by Gasteiger charge is -2.08. The number of hydrogen-bond donors (Lipinski definition) is 1. The molecule has 0 saturated heterocycles. The molecule has 1 nitrogen and oxygen atoms in total. The summed E-state index contributed by atoms with van der Waals surface area (Å²) in [5, 5.41) is 11.3. The van der Waals surface area contributed by atoms with Crippen molar-refractivity contribution in [3.8, 4) is 0 Å². The summed E-state index contributed by atoms with van der Waals surface area (Å²) in [6.45, 7) is 0. The summed E-state index contributed by atoms with van der Waals surface area (Å²) in [5.74, 6) is -0.243. The normalized spacial score (nSPS) is 12.8. The molecule has 102 valence electrons. The van der Waals surface area contributed by atoms with Crippen LogP contribution in [0.4, 0.5) is 4.39 Å². The van der Waals surface area contributed by atoms with Crippen molar-refractivity contribution in [3.05, 3.63) is 69.3 Å². The average Bonchev–Trinajstić information content (AvgIpc) is 2.81. The highest BCUT2D eigenvalue weighted by atomic mass is 79.9. The van der Waals surface area contributed by atoms with E-state index in [1.807, 2.05) is 30.3 Å². The van der Waals surface area contributed by atoms with Crippen LogP contribution in [0.25, 0.3) is 10.1 Å². The molecule has 3 rings (SSSR count). The first-order valence-corrected chi connectivity index (χ1v) is 7.84. The molecule has 20 heavy (non-hydrogen) atoms. The first-order chi connectivity index (χ1) is 9.61. The first-order valence-electron chi connectivity index (χ1n) is 6.23. The first kappa shape index (κ1) is 13.7. The zero-order valence-electron chi connectivity index (χ0n) is 10.5. The van der Waals surface area contributed by atoms with Crippen LogP contribution >= 0.6 is 27.3 Å². The SMILES string of the molecule is OC(Cc1cccc(Br)c1)c1cc2ccc(F)cc2s1. The maximum atomic E-state index is 13.2. The van der Waals surface area contributed by atoms with E-state index in [1.54, 1.807) is 6.07 Å². The minimum atomic E-state index is -0.565. The van der Waals surface area contributed by atoms with Crippen LogP contribution in [0.3, 0.4) is 0 Å². The predicted molar refractivity (Wildman–Crippen MR) is 84.6 cm³/mol. The van der Waals surface area contributed by atoms with Crippen molar-refractivity contribution >= 4 is 37.4 Å². The Kier molecular flexibility index (Phi) is 3.87. The number of thiophene rings is 1. The molecule has 1 N–H and O–H groups in total. The molecule has 0 fully saturated rings. The molecule has 0 aliphatic rings. The summed E-state index contributed by atoms with van der Waals surface area (Å²) in [6, 6.07) is 14.5. The molecular weight excluding hydrogens is 339 g/mol. The van der Waals surface area contributed by atoms with Gasteiger partial charge < -0.3 is 5.11 Å². The molecule has 4 heteroatoms. The van der Waals surface area contributed by atoms with Crippen molar-refractivity contribution < 1.29 is 9.50 Å². The monoisotopic (exact) mass is 350 g/mol. The second-order valence-corrected chi connectivity index (χ2v) is 6.71. The molecule has 0 saturated carbocycles. The number of fused-ring (bicyclic) bond motifs is 1. The van der Waals surface area contributed by atoms with Gasteiger partial charge in [0.25, 0.3) is 0 Å². The molecular formula is C16H12BrFOS. The van der Waals surface area contributed by atoms with E-state index in [4.69, 9.17) is 0 Å². The molecule has 0 aliphatic carbocycles. The Morgan fingerprint density at radius 1 is 1.15 bits per heavy atom. The van der Waals surface area contributed by atoms with Gasteiger partial charge in [0, 0.05) is 20.5 Å². The van der Waals surface area contributed by atoms with Crippen LogP contribution in [0.2, 0.25) is 0 Å². The number of halogens is 2. The smallest absolute Gasteiger partial charge is 0.124 e.